The van der Waals surface area contributed by atoms with Crippen molar-refractivity contribution in [2.45, 2.75) is 59.8 Å². The number of aromatic amines is 1. The Balaban J connectivity index is 0.000000791. The van der Waals surface area contributed by atoms with Crippen LogP contribution in [0.3, 0.4) is 0 Å². The van der Waals surface area contributed by atoms with E-state index in [1.165, 1.54) is 5.69 Å². The summed E-state index contributed by atoms with van der Waals surface area (Å²) in [6, 6.07) is 0. The van der Waals surface area contributed by atoms with Crippen molar-refractivity contribution in [3.05, 3.63) is 17.7 Å². The second kappa shape index (κ2) is 5.18. The van der Waals surface area contributed by atoms with E-state index in [0.29, 0.717) is 5.92 Å². The van der Waals surface area contributed by atoms with Gasteiger partial charge >= 0.3 is 0 Å². The smallest absolute Gasteiger partial charge is 0.108 e. The Kier molecular flexibility index (Phi) is 4.89. The summed E-state index contributed by atoms with van der Waals surface area (Å²) in [5, 5.41) is 0. The van der Waals surface area contributed by atoms with Crippen LogP contribution in [0.2, 0.25) is 0 Å². The lowest BCUT2D eigenvalue weighted by molar-refractivity contribution is 0.569. The van der Waals surface area contributed by atoms with Gasteiger partial charge in [0.2, 0.25) is 0 Å². The van der Waals surface area contributed by atoms with Gasteiger partial charge in [0.25, 0.3) is 0 Å². The minimum atomic E-state index is 0.181. The number of hydrogen-bond donors (Lipinski definition) is 1. The van der Waals surface area contributed by atoms with Gasteiger partial charge in [-0.05, 0) is 0 Å². The molecule has 0 radical (unpaired) electrons. The summed E-state index contributed by atoms with van der Waals surface area (Å²) in [7, 11) is 0. The molecule has 0 saturated carbocycles. The molecule has 1 rings (SSSR count). The van der Waals surface area contributed by atoms with Crippen molar-refractivity contribution in [1.82, 2.24) is 9.97 Å². The third-order valence-electron chi connectivity index (χ3n) is 1.95. The summed E-state index contributed by atoms with van der Waals surface area (Å²) in [6.45, 7) is 14.8. The Hall–Kier alpha value is -0.790. The van der Waals surface area contributed by atoms with Crippen LogP contribution < -0.4 is 0 Å². The van der Waals surface area contributed by atoms with Crippen LogP contribution in [0.25, 0.3) is 0 Å². The van der Waals surface area contributed by atoms with Gasteiger partial charge < -0.3 is 4.98 Å². The first kappa shape index (κ1) is 13.2. The van der Waals surface area contributed by atoms with Crippen LogP contribution >= 0.6 is 0 Å². The Bertz CT molecular complexity index is 254. The van der Waals surface area contributed by atoms with Crippen LogP contribution in [0.5, 0.6) is 0 Å². The molecule has 0 saturated heterocycles. The Labute approximate surface area is 88.2 Å². The average Bonchev–Trinajstić information content (AvgIpc) is 2.54. The molecule has 1 aromatic heterocycles. The monoisotopic (exact) mass is 196 g/mol. The summed E-state index contributed by atoms with van der Waals surface area (Å²) in [6.07, 6.45) is 1.94. The van der Waals surface area contributed by atoms with Crippen LogP contribution in [0, 0.1) is 0 Å². The standard InChI is InChI=1S/C10H18N2.C2H6/c1-7(2)9-11-6-8(12-9)10(3,4)5;1-2/h6-7H,1-5H3,(H,11,12);1-2H3. The predicted octanol–water partition coefficient (Wildman–Crippen LogP) is 3.86. The molecule has 0 aliphatic carbocycles. The number of nitrogens with one attached hydrogen (secondary N) is 1. The zero-order valence-corrected chi connectivity index (χ0v) is 10.6. The van der Waals surface area contributed by atoms with Gasteiger partial charge in [-0.3, -0.25) is 0 Å². The van der Waals surface area contributed by atoms with Crippen molar-refractivity contribution in [2.24, 2.45) is 0 Å². The van der Waals surface area contributed by atoms with E-state index in [4.69, 9.17) is 0 Å². The van der Waals surface area contributed by atoms with E-state index in [1.807, 2.05) is 20.0 Å². The van der Waals surface area contributed by atoms with Crippen LogP contribution in [0.4, 0.5) is 0 Å². The Morgan fingerprint density at radius 2 is 1.71 bits per heavy atom. The van der Waals surface area contributed by atoms with Gasteiger partial charge in [-0.15, -0.1) is 0 Å². The number of imidazole rings is 1. The van der Waals surface area contributed by atoms with Crippen LogP contribution in [0.15, 0.2) is 6.20 Å². The van der Waals surface area contributed by atoms with Gasteiger partial charge in [0.15, 0.2) is 0 Å². The maximum Gasteiger partial charge on any atom is 0.108 e. The minimum absolute atomic E-state index is 0.181. The summed E-state index contributed by atoms with van der Waals surface area (Å²) in [4.78, 5) is 7.67. The third kappa shape index (κ3) is 3.52. The molecule has 82 valence electrons. The van der Waals surface area contributed by atoms with Crippen molar-refractivity contribution in [3.63, 3.8) is 0 Å². The van der Waals surface area contributed by atoms with Crippen molar-refractivity contribution >= 4 is 0 Å². The molecule has 0 aliphatic rings. The molecule has 0 unspecified atom stereocenters. The molecule has 2 nitrogen and oxygen atoms in total. The van der Waals surface area contributed by atoms with Crippen LogP contribution in [0.1, 0.15) is 65.9 Å². The zero-order chi connectivity index (χ0) is 11.4. The maximum atomic E-state index is 4.33. The van der Waals surface area contributed by atoms with Gasteiger partial charge in [-0.25, -0.2) is 4.98 Å². The van der Waals surface area contributed by atoms with Crippen molar-refractivity contribution in [2.75, 3.05) is 0 Å². The molecule has 14 heavy (non-hydrogen) atoms. The first-order chi connectivity index (χ1) is 6.41. The number of rotatable bonds is 1. The van der Waals surface area contributed by atoms with Gasteiger partial charge in [0.05, 0.1) is 0 Å². The molecule has 0 amide bonds. The molecule has 0 aromatic carbocycles. The highest BCUT2D eigenvalue weighted by Gasteiger charge is 2.16. The second-order valence-electron chi connectivity index (χ2n) is 4.59. The fourth-order valence-electron chi connectivity index (χ4n) is 1.01. The molecule has 0 spiro atoms. The fourth-order valence-corrected chi connectivity index (χ4v) is 1.01. The van der Waals surface area contributed by atoms with E-state index in [-0.39, 0.29) is 5.41 Å². The largest absolute Gasteiger partial charge is 0.345 e. The van der Waals surface area contributed by atoms with Crippen LogP contribution in [-0.2, 0) is 5.41 Å². The number of hydrogen-bond acceptors (Lipinski definition) is 1. The third-order valence-corrected chi connectivity index (χ3v) is 1.95. The van der Waals surface area contributed by atoms with E-state index >= 15 is 0 Å². The van der Waals surface area contributed by atoms with E-state index < -0.39 is 0 Å². The number of H-pyrrole nitrogens is 1. The SMILES string of the molecule is CC.CC(C)c1ncc(C(C)(C)C)[nH]1. The van der Waals surface area contributed by atoms with Gasteiger partial charge in [0, 0.05) is 23.2 Å². The highest BCUT2D eigenvalue weighted by atomic mass is 14.9. The summed E-state index contributed by atoms with van der Waals surface area (Å²) in [5.74, 6) is 1.57. The lowest BCUT2D eigenvalue weighted by Gasteiger charge is -2.15. The molecule has 0 atom stereocenters. The highest BCUT2D eigenvalue weighted by Crippen LogP contribution is 2.21. The molecular formula is C12H24N2. The zero-order valence-electron chi connectivity index (χ0n) is 10.6. The van der Waals surface area contributed by atoms with Crippen molar-refractivity contribution in [1.29, 1.82) is 0 Å². The molecule has 0 aliphatic heterocycles. The van der Waals surface area contributed by atoms with E-state index in [1.54, 1.807) is 0 Å². The van der Waals surface area contributed by atoms with E-state index in [2.05, 4.69) is 44.6 Å². The summed E-state index contributed by atoms with van der Waals surface area (Å²) in [5.41, 5.74) is 1.39. The lowest BCUT2D eigenvalue weighted by Crippen LogP contribution is -2.11. The van der Waals surface area contributed by atoms with E-state index in [0.717, 1.165) is 5.82 Å². The second-order valence-corrected chi connectivity index (χ2v) is 4.59. The Morgan fingerprint density at radius 1 is 1.21 bits per heavy atom. The molecule has 2 heteroatoms. The maximum absolute atomic E-state index is 4.33. The lowest BCUT2D eigenvalue weighted by atomic mass is 9.93. The fraction of sp³-hybridized carbons (Fsp3) is 0.750. The Morgan fingerprint density at radius 3 is 1.93 bits per heavy atom. The number of aromatic nitrogens is 2. The average molecular weight is 196 g/mol. The predicted molar refractivity (Wildman–Crippen MR) is 62.7 cm³/mol. The van der Waals surface area contributed by atoms with Gasteiger partial charge in [-0.1, -0.05) is 48.5 Å². The molecule has 1 aromatic rings. The van der Waals surface area contributed by atoms with Crippen molar-refractivity contribution < 1.29 is 0 Å². The molecule has 1 N–H and O–H groups in total. The highest BCUT2D eigenvalue weighted by molar-refractivity contribution is 5.12. The topological polar surface area (TPSA) is 28.7 Å². The minimum Gasteiger partial charge on any atom is -0.345 e. The molecular weight excluding hydrogens is 172 g/mol. The van der Waals surface area contributed by atoms with E-state index in [9.17, 15) is 0 Å². The molecule has 0 fully saturated rings. The van der Waals surface area contributed by atoms with Gasteiger partial charge in [0.1, 0.15) is 5.82 Å². The summed E-state index contributed by atoms with van der Waals surface area (Å²) < 4.78 is 0. The summed E-state index contributed by atoms with van der Waals surface area (Å²) >= 11 is 0. The quantitative estimate of drug-likeness (QED) is 0.726. The first-order valence-electron chi connectivity index (χ1n) is 5.46. The normalized spacial score (nSPS) is 11.1. The number of nitrogens with zero attached hydrogens (tertiary/aromatic N) is 1. The molecule has 0 bridgehead atoms. The van der Waals surface area contributed by atoms with Crippen LogP contribution in [-0.4, -0.2) is 9.97 Å². The van der Waals surface area contributed by atoms with Gasteiger partial charge in [-0.2, -0.15) is 0 Å². The van der Waals surface area contributed by atoms with Crippen molar-refractivity contribution in [3.8, 4) is 0 Å². The molecule has 1 heterocycles. The first-order valence-corrected chi connectivity index (χ1v) is 5.46.